The van der Waals surface area contributed by atoms with E-state index in [0.29, 0.717) is 18.9 Å². The van der Waals surface area contributed by atoms with Crippen molar-refractivity contribution in [1.29, 1.82) is 0 Å². The molecule has 1 N–H and O–H groups in total. The summed E-state index contributed by atoms with van der Waals surface area (Å²) in [7, 11) is 0. The van der Waals surface area contributed by atoms with E-state index in [-0.39, 0.29) is 17.6 Å². The smallest absolute Gasteiger partial charge is 0.226 e. The van der Waals surface area contributed by atoms with E-state index >= 15 is 0 Å². The second-order valence-corrected chi connectivity index (χ2v) is 4.28. The van der Waals surface area contributed by atoms with Crippen molar-refractivity contribution < 1.29 is 9.59 Å². The largest absolute Gasteiger partial charge is 0.340 e. The Labute approximate surface area is 83.6 Å². The first kappa shape index (κ1) is 9.65. The Morgan fingerprint density at radius 3 is 2.79 bits per heavy atom. The molecular formula is C10H16N2O2. The van der Waals surface area contributed by atoms with Gasteiger partial charge in [0.1, 0.15) is 5.78 Å². The summed E-state index contributed by atoms with van der Waals surface area (Å²) in [5.74, 6) is 0.400. The van der Waals surface area contributed by atoms with Crippen LogP contribution in [0, 0.1) is 5.92 Å². The van der Waals surface area contributed by atoms with Crippen molar-refractivity contribution in [2.45, 2.75) is 25.8 Å². The van der Waals surface area contributed by atoms with E-state index in [4.69, 9.17) is 0 Å². The van der Waals surface area contributed by atoms with Crippen LogP contribution >= 0.6 is 0 Å². The van der Waals surface area contributed by atoms with E-state index in [9.17, 15) is 9.59 Å². The fraction of sp³-hybridized carbons (Fsp3) is 0.800. The van der Waals surface area contributed by atoms with Gasteiger partial charge in [0.05, 0.1) is 5.92 Å². The molecule has 0 spiro atoms. The van der Waals surface area contributed by atoms with Gasteiger partial charge < -0.3 is 10.2 Å². The van der Waals surface area contributed by atoms with E-state index in [2.05, 4.69) is 12.2 Å². The van der Waals surface area contributed by atoms with Gasteiger partial charge in [0.2, 0.25) is 5.91 Å². The van der Waals surface area contributed by atoms with Gasteiger partial charge in [0.15, 0.2) is 0 Å². The number of nitrogens with one attached hydrogen (secondary N) is 1. The number of amides is 1. The van der Waals surface area contributed by atoms with Crippen LogP contribution in [0.4, 0.5) is 0 Å². The Kier molecular flexibility index (Phi) is 2.54. The van der Waals surface area contributed by atoms with Crippen molar-refractivity contribution in [3.8, 4) is 0 Å². The van der Waals surface area contributed by atoms with Crippen molar-refractivity contribution in [3.05, 3.63) is 0 Å². The molecule has 0 aromatic heterocycles. The first-order valence-electron chi connectivity index (χ1n) is 5.20. The minimum atomic E-state index is -0.00667. The van der Waals surface area contributed by atoms with Gasteiger partial charge in [-0.3, -0.25) is 9.59 Å². The Bertz CT molecular complexity index is 257. The maximum Gasteiger partial charge on any atom is 0.226 e. The lowest BCUT2D eigenvalue weighted by Crippen LogP contribution is -2.54. The molecule has 0 unspecified atom stereocenters. The molecule has 0 aromatic rings. The normalized spacial score (nSPS) is 28.8. The topological polar surface area (TPSA) is 49.4 Å². The van der Waals surface area contributed by atoms with E-state index in [1.807, 2.05) is 4.90 Å². The van der Waals surface area contributed by atoms with Crippen LogP contribution in [0.15, 0.2) is 0 Å². The molecule has 1 amide bonds. The average molecular weight is 196 g/mol. The molecule has 4 nitrogen and oxygen atoms in total. The molecule has 0 aromatic carbocycles. The summed E-state index contributed by atoms with van der Waals surface area (Å²) in [6, 6.07) is 0.378. The molecule has 1 saturated carbocycles. The molecular weight excluding hydrogens is 180 g/mol. The number of carbonyl (C=O) groups is 2. The van der Waals surface area contributed by atoms with Gasteiger partial charge in [-0.2, -0.15) is 0 Å². The van der Waals surface area contributed by atoms with Crippen LogP contribution in [0.2, 0.25) is 0 Å². The van der Waals surface area contributed by atoms with Gasteiger partial charge in [-0.15, -0.1) is 0 Å². The monoisotopic (exact) mass is 196 g/mol. The van der Waals surface area contributed by atoms with Crippen LogP contribution in [-0.2, 0) is 9.59 Å². The highest BCUT2D eigenvalue weighted by atomic mass is 16.2. The molecule has 4 heteroatoms. The molecule has 78 valence electrons. The van der Waals surface area contributed by atoms with E-state index in [1.54, 1.807) is 0 Å². The lowest BCUT2D eigenvalue weighted by molar-refractivity contribution is -0.145. The van der Waals surface area contributed by atoms with Crippen molar-refractivity contribution >= 4 is 11.7 Å². The van der Waals surface area contributed by atoms with Gasteiger partial charge in [-0.25, -0.2) is 0 Å². The Morgan fingerprint density at radius 1 is 1.50 bits per heavy atom. The van der Waals surface area contributed by atoms with Crippen molar-refractivity contribution in [1.82, 2.24) is 10.2 Å². The number of hydrogen-bond donors (Lipinski definition) is 1. The Hall–Kier alpha value is -0.900. The molecule has 2 aliphatic rings. The zero-order valence-electron chi connectivity index (χ0n) is 8.45. The first-order chi connectivity index (χ1) is 6.66. The number of ketones is 1. The van der Waals surface area contributed by atoms with Crippen molar-refractivity contribution in [3.63, 3.8) is 0 Å². The standard InChI is InChI=1S/C10H16N2O2/c1-7-6-12(3-2-11-7)10(14)8-4-9(13)5-8/h7-8,11H,2-6H2,1H3/t7-/m0/s1. The van der Waals surface area contributed by atoms with Crippen LogP contribution in [-0.4, -0.2) is 42.3 Å². The number of rotatable bonds is 1. The highest BCUT2D eigenvalue weighted by molar-refractivity contribution is 5.96. The summed E-state index contributed by atoms with van der Waals surface area (Å²) in [6.07, 6.45) is 0.939. The number of carbonyl (C=O) groups excluding carboxylic acids is 2. The summed E-state index contributed by atoms with van der Waals surface area (Å²) < 4.78 is 0. The fourth-order valence-corrected chi connectivity index (χ4v) is 2.06. The van der Waals surface area contributed by atoms with Gasteiger partial charge in [0.25, 0.3) is 0 Å². The van der Waals surface area contributed by atoms with Crippen LogP contribution in [0.5, 0.6) is 0 Å². The second-order valence-electron chi connectivity index (χ2n) is 4.28. The molecule has 0 radical (unpaired) electrons. The molecule has 1 aliphatic carbocycles. The van der Waals surface area contributed by atoms with E-state index in [1.165, 1.54) is 0 Å². The predicted octanol–water partition coefficient (Wildman–Crippen LogP) is -0.214. The molecule has 0 bridgehead atoms. The van der Waals surface area contributed by atoms with Gasteiger partial charge in [-0.1, -0.05) is 0 Å². The summed E-state index contributed by atoms with van der Waals surface area (Å²) in [5, 5.41) is 3.29. The molecule has 1 aliphatic heterocycles. The van der Waals surface area contributed by atoms with E-state index in [0.717, 1.165) is 19.6 Å². The number of Topliss-reactive ketones (excluding diaryl/α,β-unsaturated/α-hetero) is 1. The third kappa shape index (κ3) is 1.80. The third-order valence-electron chi connectivity index (χ3n) is 2.98. The number of piperazine rings is 1. The molecule has 1 saturated heterocycles. The number of nitrogens with zero attached hydrogens (tertiary/aromatic N) is 1. The highest BCUT2D eigenvalue weighted by Crippen LogP contribution is 2.25. The quantitative estimate of drug-likeness (QED) is 0.631. The van der Waals surface area contributed by atoms with E-state index < -0.39 is 0 Å². The summed E-state index contributed by atoms with van der Waals surface area (Å²) in [4.78, 5) is 24.5. The minimum absolute atomic E-state index is 0.00667. The third-order valence-corrected chi connectivity index (χ3v) is 2.98. The lowest BCUT2D eigenvalue weighted by atomic mass is 9.83. The van der Waals surface area contributed by atoms with Crippen LogP contribution in [0.1, 0.15) is 19.8 Å². The molecule has 1 atom stereocenters. The Balaban J connectivity index is 1.87. The molecule has 1 heterocycles. The molecule has 2 fully saturated rings. The first-order valence-corrected chi connectivity index (χ1v) is 5.20. The van der Waals surface area contributed by atoms with Gasteiger partial charge >= 0.3 is 0 Å². The SMILES string of the molecule is C[C@H]1CN(C(=O)C2CC(=O)C2)CCN1. The summed E-state index contributed by atoms with van der Waals surface area (Å²) in [5.41, 5.74) is 0. The second kappa shape index (κ2) is 3.69. The van der Waals surface area contributed by atoms with Crippen molar-refractivity contribution in [2.75, 3.05) is 19.6 Å². The zero-order valence-corrected chi connectivity index (χ0v) is 8.45. The summed E-state index contributed by atoms with van der Waals surface area (Å²) >= 11 is 0. The average Bonchev–Trinajstić information content (AvgIpc) is 2.12. The Morgan fingerprint density at radius 2 is 2.21 bits per heavy atom. The number of hydrogen-bond acceptors (Lipinski definition) is 3. The van der Waals surface area contributed by atoms with Gasteiger partial charge in [0, 0.05) is 38.5 Å². The zero-order chi connectivity index (χ0) is 10.1. The molecule has 2 rings (SSSR count). The molecule has 14 heavy (non-hydrogen) atoms. The fourth-order valence-electron chi connectivity index (χ4n) is 2.06. The highest BCUT2D eigenvalue weighted by Gasteiger charge is 2.36. The predicted molar refractivity (Wildman–Crippen MR) is 51.8 cm³/mol. The van der Waals surface area contributed by atoms with Crippen LogP contribution < -0.4 is 5.32 Å². The minimum Gasteiger partial charge on any atom is -0.340 e. The van der Waals surface area contributed by atoms with Crippen molar-refractivity contribution in [2.24, 2.45) is 5.92 Å². The maximum atomic E-state index is 11.8. The maximum absolute atomic E-state index is 11.8. The van der Waals surface area contributed by atoms with Crippen LogP contribution in [0.3, 0.4) is 0 Å². The van der Waals surface area contributed by atoms with Crippen LogP contribution in [0.25, 0.3) is 0 Å². The van der Waals surface area contributed by atoms with Gasteiger partial charge in [-0.05, 0) is 6.92 Å². The summed E-state index contributed by atoms with van der Waals surface area (Å²) in [6.45, 7) is 4.51. The lowest BCUT2D eigenvalue weighted by Gasteiger charge is -2.36.